The predicted octanol–water partition coefficient (Wildman–Crippen LogP) is 2.15. The quantitative estimate of drug-likeness (QED) is 0.839. The number of likely N-dealkylation sites (N-methyl/N-ethyl adjacent to an activating group) is 1. The molecule has 120 valence electrons. The lowest BCUT2D eigenvalue weighted by Gasteiger charge is -2.42. The number of carbonyl (C=O) groups excluding carboxylic acids is 1. The molecule has 1 fully saturated rings. The van der Waals surface area contributed by atoms with Crippen molar-refractivity contribution in [2.45, 2.75) is 31.8 Å². The van der Waals surface area contributed by atoms with Gasteiger partial charge in [-0.1, -0.05) is 24.6 Å². The highest BCUT2D eigenvalue weighted by molar-refractivity contribution is 6.31. The molecule has 0 radical (unpaired) electrons. The molecule has 0 saturated heterocycles. The van der Waals surface area contributed by atoms with Gasteiger partial charge in [-0.2, -0.15) is 0 Å². The predicted molar refractivity (Wildman–Crippen MR) is 80.6 cm³/mol. The number of carboxylic acid groups (broad SMARTS) is 1. The van der Waals surface area contributed by atoms with Crippen molar-refractivity contribution in [3.8, 4) is 0 Å². The highest BCUT2D eigenvalue weighted by atomic mass is 35.5. The van der Waals surface area contributed by atoms with E-state index in [-0.39, 0.29) is 29.2 Å². The summed E-state index contributed by atoms with van der Waals surface area (Å²) < 4.78 is 13.8. The van der Waals surface area contributed by atoms with Crippen molar-refractivity contribution in [2.75, 3.05) is 13.1 Å². The highest BCUT2D eigenvalue weighted by Gasteiger charge is 2.35. The molecule has 5 nitrogen and oxygen atoms in total. The number of hydrogen-bond donors (Lipinski definition) is 2. The van der Waals surface area contributed by atoms with Crippen LogP contribution in [-0.2, 0) is 4.79 Å². The second kappa shape index (κ2) is 7.07. The summed E-state index contributed by atoms with van der Waals surface area (Å²) in [6.07, 6.45) is 1.32. The van der Waals surface area contributed by atoms with E-state index in [1.54, 1.807) is 0 Å². The Morgan fingerprint density at radius 2 is 2.14 bits per heavy atom. The first-order valence-corrected chi connectivity index (χ1v) is 7.50. The van der Waals surface area contributed by atoms with Crippen LogP contribution in [0.1, 0.15) is 30.1 Å². The van der Waals surface area contributed by atoms with E-state index in [0.29, 0.717) is 19.4 Å². The van der Waals surface area contributed by atoms with E-state index in [1.807, 2.05) is 11.8 Å². The normalized spacial score (nSPS) is 20.5. The molecule has 0 bridgehead atoms. The number of nitrogens with one attached hydrogen (secondary N) is 1. The maximum atomic E-state index is 13.8. The van der Waals surface area contributed by atoms with E-state index in [4.69, 9.17) is 16.7 Å². The van der Waals surface area contributed by atoms with Gasteiger partial charge in [0, 0.05) is 12.1 Å². The summed E-state index contributed by atoms with van der Waals surface area (Å²) in [6, 6.07) is 4.36. The molecule has 2 N–H and O–H groups in total. The molecule has 1 aromatic rings. The summed E-state index contributed by atoms with van der Waals surface area (Å²) in [5, 5.41) is 11.5. The molecule has 0 atom stereocenters. The first-order chi connectivity index (χ1) is 10.4. The minimum atomic E-state index is -0.865. The molecule has 0 heterocycles. The topological polar surface area (TPSA) is 69.6 Å². The van der Waals surface area contributed by atoms with Gasteiger partial charge in [-0.15, -0.1) is 0 Å². The molecule has 1 aliphatic rings. The van der Waals surface area contributed by atoms with Crippen molar-refractivity contribution < 1.29 is 19.1 Å². The molecule has 0 aromatic heterocycles. The molecule has 0 unspecified atom stereocenters. The second-order valence-corrected chi connectivity index (χ2v) is 5.76. The zero-order valence-corrected chi connectivity index (χ0v) is 12.9. The zero-order valence-electron chi connectivity index (χ0n) is 12.2. The fraction of sp³-hybridized carbons (Fsp3) is 0.467. The van der Waals surface area contributed by atoms with Crippen molar-refractivity contribution in [2.24, 2.45) is 0 Å². The Hall–Kier alpha value is -1.66. The van der Waals surface area contributed by atoms with Crippen molar-refractivity contribution in [1.82, 2.24) is 10.2 Å². The standard InChI is InChI=1S/C15H18ClFN2O3/c1-2-19(8-13(20)21)10-6-9(7-10)18-15(22)11-4-3-5-12(16)14(11)17/h3-5,9-10H,2,6-8H2,1H3,(H,18,22)(H,20,21). The maximum absolute atomic E-state index is 13.8. The molecular formula is C15H18ClFN2O3. The molecule has 1 saturated carbocycles. The van der Waals surface area contributed by atoms with E-state index in [9.17, 15) is 14.0 Å². The van der Waals surface area contributed by atoms with E-state index in [0.717, 1.165) is 0 Å². The fourth-order valence-electron chi connectivity index (χ4n) is 2.62. The number of rotatable bonds is 6. The van der Waals surface area contributed by atoms with Crippen LogP contribution in [0.2, 0.25) is 5.02 Å². The van der Waals surface area contributed by atoms with Crippen molar-refractivity contribution in [1.29, 1.82) is 0 Å². The van der Waals surface area contributed by atoms with Gasteiger partial charge in [0.05, 0.1) is 17.1 Å². The monoisotopic (exact) mass is 328 g/mol. The molecule has 1 aromatic carbocycles. The van der Waals surface area contributed by atoms with Gasteiger partial charge in [-0.05, 0) is 31.5 Å². The Labute approximate surface area is 133 Å². The van der Waals surface area contributed by atoms with Crippen LogP contribution in [0, 0.1) is 5.82 Å². The Morgan fingerprint density at radius 3 is 2.73 bits per heavy atom. The van der Waals surface area contributed by atoms with Crippen molar-refractivity contribution >= 4 is 23.5 Å². The van der Waals surface area contributed by atoms with Crippen LogP contribution in [0.15, 0.2) is 18.2 Å². The number of halogens is 2. The third-order valence-electron chi connectivity index (χ3n) is 3.91. The Bertz CT molecular complexity index is 576. The summed E-state index contributed by atoms with van der Waals surface area (Å²) in [6.45, 7) is 2.53. The third-order valence-corrected chi connectivity index (χ3v) is 4.20. The lowest BCUT2D eigenvalue weighted by atomic mass is 9.85. The summed E-state index contributed by atoms with van der Waals surface area (Å²) in [4.78, 5) is 24.6. The molecule has 1 amide bonds. The molecule has 1 aliphatic carbocycles. The van der Waals surface area contributed by atoms with E-state index in [1.165, 1.54) is 18.2 Å². The number of benzene rings is 1. The van der Waals surface area contributed by atoms with Crippen LogP contribution in [0.4, 0.5) is 4.39 Å². The van der Waals surface area contributed by atoms with Gasteiger partial charge in [-0.25, -0.2) is 4.39 Å². The minimum absolute atomic E-state index is 0.00917. The van der Waals surface area contributed by atoms with E-state index < -0.39 is 17.7 Å². The lowest BCUT2D eigenvalue weighted by Crippen LogP contribution is -2.54. The average molecular weight is 329 g/mol. The Morgan fingerprint density at radius 1 is 1.45 bits per heavy atom. The molecule has 22 heavy (non-hydrogen) atoms. The zero-order chi connectivity index (χ0) is 16.3. The van der Waals surface area contributed by atoms with Gasteiger partial charge in [0.1, 0.15) is 0 Å². The lowest BCUT2D eigenvalue weighted by molar-refractivity contribution is -0.139. The van der Waals surface area contributed by atoms with Gasteiger partial charge < -0.3 is 10.4 Å². The van der Waals surface area contributed by atoms with Crippen LogP contribution in [-0.4, -0.2) is 47.1 Å². The molecule has 0 spiro atoms. The maximum Gasteiger partial charge on any atom is 0.317 e. The number of amides is 1. The van der Waals surface area contributed by atoms with Gasteiger partial charge in [0.25, 0.3) is 5.91 Å². The van der Waals surface area contributed by atoms with Crippen molar-refractivity contribution in [3.63, 3.8) is 0 Å². The number of hydrogen-bond acceptors (Lipinski definition) is 3. The van der Waals surface area contributed by atoms with Gasteiger partial charge in [0.2, 0.25) is 0 Å². The van der Waals surface area contributed by atoms with Crippen LogP contribution in [0.25, 0.3) is 0 Å². The second-order valence-electron chi connectivity index (χ2n) is 5.35. The summed E-state index contributed by atoms with van der Waals surface area (Å²) in [7, 11) is 0. The third kappa shape index (κ3) is 3.75. The van der Waals surface area contributed by atoms with Crippen LogP contribution in [0.5, 0.6) is 0 Å². The smallest absolute Gasteiger partial charge is 0.317 e. The summed E-state index contributed by atoms with van der Waals surface area (Å²) in [5.74, 6) is -2.08. The van der Waals surface area contributed by atoms with Crippen LogP contribution in [0.3, 0.4) is 0 Å². The first kappa shape index (κ1) is 16.7. The number of aliphatic carboxylic acids is 1. The highest BCUT2D eigenvalue weighted by Crippen LogP contribution is 2.26. The first-order valence-electron chi connectivity index (χ1n) is 7.13. The summed E-state index contributed by atoms with van der Waals surface area (Å²) >= 11 is 5.66. The Balaban J connectivity index is 1.88. The Kier molecular flexibility index (Phi) is 5.37. The molecule has 0 aliphatic heterocycles. The SMILES string of the molecule is CCN(CC(=O)O)C1CC(NC(=O)c2cccc(Cl)c2F)C1. The van der Waals surface area contributed by atoms with Gasteiger partial charge in [0.15, 0.2) is 5.82 Å². The van der Waals surface area contributed by atoms with Gasteiger partial charge >= 0.3 is 5.97 Å². The number of carboxylic acids is 1. The van der Waals surface area contributed by atoms with Crippen LogP contribution < -0.4 is 5.32 Å². The van der Waals surface area contributed by atoms with Gasteiger partial charge in [-0.3, -0.25) is 14.5 Å². The molecular weight excluding hydrogens is 311 g/mol. The van der Waals surface area contributed by atoms with E-state index >= 15 is 0 Å². The minimum Gasteiger partial charge on any atom is -0.480 e. The fourth-order valence-corrected chi connectivity index (χ4v) is 2.79. The van der Waals surface area contributed by atoms with Crippen molar-refractivity contribution in [3.05, 3.63) is 34.6 Å². The average Bonchev–Trinajstić information content (AvgIpc) is 2.42. The van der Waals surface area contributed by atoms with E-state index in [2.05, 4.69) is 5.32 Å². The molecule has 7 heteroatoms. The molecule has 2 rings (SSSR count). The number of carbonyl (C=O) groups is 2. The van der Waals surface area contributed by atoms with Crippen LogP contribution >= 0.6 is 11.6 Å². The largest absolute Gasteiger partial charge is 0.480 e. The summed E-state index contributed by atoms with van der Waals surface area (Å²) in [5.41, 5.74) is -0.0752. The number of nitrogens with zero attached hydrogens (tertiary/aromatic N) is 1.